The van der Waals surface area contributed by atoms with Crippen LogP contribution in [0.5, 0.6) is 0 Å². The maximum absolute atomic E-state index is 15.7. The number of aromatic nitrogens is 2. The van der Waals surface area contributed by atoms with E-state index < -0.39 is 59.8 Å². The number of benzene rings is 1. The number of aryl methyl sites for hydroxylation is 1. The minimum absolute atomic E-state index is 0.000816. The average molecular weight is 686 g/mol. The predicted octanol–water partition coefficient (Wildman–Crippen LogP) is 2.81. The van der Waals surface area contributed by atoms with Crippen molar-refractivity contribution in [2.75, 3.05) is 38.5 Å². The Balaban J connectivity index is 1.54. The summed E-state index contributed by atoms with van der Waals surface area (Å²) in [6.45, 7) is 9.29. The van der Waals surface area contributed by atoms with Gasteiger partial charge in [-0.25, -0.2) is 9.02 Å². The van der Waals surface area contributed by atoms with E-state index in [1.165, 1.54) is 19.1 Å². The number of carbonyl (C=O) groups is 5. The van der Waals surface area contributed by atoms with Gasteiger partial charge >= 0.3 is 5.97 Å². The molecule has 1 saturated carbocycles. The summed E-state index contributed by atoms with van der Waals surface area (Å²) in [5.74, 6) is -5.30. The van der Waals surface area contributed by atoms with Gasteiger partial charge in [0.25, 0.3) is 5.91 Å². The van der Waals surface area contributed by atoms with Gasteiger partial charge in [0.15, 0.2) is 5.69 Å². The molecule has 1 aliphatic heterocycles. The number of aliphatic carboxylic acids is 1. The smallest absolute Gasteiger partial charge is 0.304 e. The molecular weight excluding hydrogens is 637 g/mol. The van der Waals surface area contributed by atoms with Crippen LogP contribution in [-0.2, 0) is 25.6 Å². The Hall–Kier alpha value is -4.40. The molecule has 1 saturated heterocycles. The highest BCUT2D eigenvalue weighted by Crippen LogP contribution is 2.32. The lowest BCUT2D eigenvalue weighted by Crippen LogP contribution is -2.56. The second-order valence-corrected chi connectivity index (χ2v) is 13.5. The third-order valence-corrected chi connectivity index (χ3v) is 9.79. The van der Waals surface area contributed by atoms with E-state index in [-0.39, 0.29) is 23.2 Å². The first-order valence-electron chi connectivity index (χ1n) is 17.0. The Kier molecular flexibility index (Phi) is 12.8. The van der Waals surface area contributed by atoms with Gasteiger partial charge in [0.2, 0.25) is 17.7 Å². The second kappa shape index (κ2) is 16.8. The summed E-state index contributed by atoms with van der Waals surface area (Å²) >= 11 is 0. The van der Waals surface area contributed by atoms with Crippen LogP contribution in [0.4, 0.5) is 10.1 Å². The molecule has 0 spiro atoms. The number of nitrogens with one attached hydrogen (secondary N) is 3. The number of anilines is 1. The number of amides is 4. The van der Waals surface area contributed by atoms with Gasteiger partial charge < -0.3 is 30.9 Å². The van der Waals surface area contributed by atoms with Crippen LogP contribution in [0.1, 0.15) is 87.5 Å². The minimum Gasteiger partial charge on any atom is -0.481 e. The number of likely N-dealkylation sites (N-methyl/N-ethyl adjacent to an activating group) is 1. The molecule has 268 valence electrons. The molecule has 0 radical (unpaired) electrons. The lowest BCUT2D eigenvalue weighted by Gasteiger charge is -2.36. The maximum Gasteiger partial charge on any atom is 0.304 e. The largest absolute Gasteiger partial charge is 0.481 e. The molecule has 4 atom stereocenters. The highest BCUT2D eigenvalue weighted by atomic mass is 19.1. The van der Waals surface area contributed by atoms with E-state index in [0.717, 1.165) is 12.8 Å². The van der Waals surface area contributed by atoms with Crippen molar-refractivity contribution in [3.63, 3.8) is 0 Å². The molecule has 49 heavy (non-hydrogen) atoms. The summed E-state index contributed by atoms with van der Waals surface area (Å²) < 4.78 is 20.5. The summed E-state index contributed by atoms with van der Waals surface area (Å²) in [6, 6.07) is 2.13. The van der Waals surface area contributed by atoms with Gasteiger partial charge in [0.05, 0.1) is 12.1 Å². The molecule has 4 rings (SSSR count). The van der Waals surface area contributed by atoms with Crippen LogP contribution < -0.4 is 16.0 Å². The SMILES string of the molecule is CCc1nonc1C(=O)N[C@H](C(=O)Nc1ccc([C@H](C)[C@@H](NC(=O)[C@H](C)CC(=O)O)C(=O)N2CCN(C)CC2)cc1F)[C@H]1CC[C@H](C)CC1. The highest BCUT2D eigenvalue weighted by Gasteiger charge is 2.36. The summed E-state index contributed by atoms with van der Waals surface area (Å²) in [7, 11) is 1.95. The fraction of sp³-hybridized carbons (Fsp3) is 0.618. The molecule has 1 aromatic heterocycles. The van der Waals surface area contributed by atoms with Crippen LogP contribution in [0.15, 0.2) is 22.8 Å². The van der Waals surface area contributed by atoms with Crippen molar-refractivity contribution >= 4 is 35.3 Å². The molecule has 1 aromatic carbocycles. The monoisotopic (exact) mass is 685 g/mol. The quantitative estimate of drug-likeness (QED) is 0.244. The van der Waals surface area contributed by atoms with Crippen LogP contribution in [-0.4, -0.2) is 100 Å². The van der Waals surface area contributed by atoms with E-state index in [4.69, 9.17) is 4.63 Å². The van der Waals surface area contributed by atoms with Crippen molar-refractivity contribution in [3.8, 4) is 0 Å². The highest BCUT2D eigenvalue weighted by molar-refractivity contribution is 6.01. The van der Waals surface area contributed by atoms with Crippen molar-refractivity contribution in [1.82, 2.24) is 30.7 Å². The summed E-state index contributed by atoms with van der Waals surface area (Å²) in [6.07, 6.45) is 3.18. The Morgan fingerprint density at radius 2 is 1.67 bits per heavy atom. The Morgan fingerprint density at radius 1 is 1.00 bits per heavy atom. The lowest BCUT2D eigenvalue weighted by molar-refractivity contribution is -0.142. The Bertz CT molecular complexity index is 1500. The molecule has 0 bridgehead atoms. The number of hydrogen-bond donors (Lipinski definition) is 4. The lowest BCUT2D eigenvalue weighted by atomic mass is 9.79. The molecule has 14 nitrogen and oxygen atoms in total. The van der Waals surface area contributed by atoms with Gasteiger partial charge in [-0.15, -0.1) is 0 Å². The fourth-order valence-electron chi connectivity index (χ4n) is 6.43. The molecule has 15 heteroatoms. The molecule has 0 unspecified atom stereocenters. The number of hydrogen-bond acceptors (Lipinski definition) is 9. The van der Waals surface area contributed by atoms with E-state index >= 15 is 4.39 Å². The molecule has 1 aliphatic carbocycles. The van der Waals surface area contributed by atoms with Gasteiger partial charge in [0.1, 0.15) is 23.6 Å². The summed E-state index contributed by atoms with van der Waals surface area (Å²) in [5, 5.41) is 24.8. The standard InChI is InChI=1S/C34H48FN7O7/c1-6-25-30(40-49-39-25)33(47)38-29(22-9-7-19(2)8-10-22)32(46)36-26-12-11-23(18-24(26)35)21(4)28(37-31(45)20(3)17-27(43)44)34(48)42-15-13-41(5)14-16-42/h11-12,18-22,28-29H,6-10,13-17H2,1-5H3,(H,36,46)(H,37,45)(H,38,47)(H,43,44)/t19-,20-,21+,22-,28-,29+/m1/s1. The predicted molar refractivity (Wildman–Crippen MR) is 177 cm³/mol. The van der Waals surface area contributed by atoms with E-state index in [1.54, 1.807) is 24.8 Å². The molecule has 2 aliphatic rings. The topological polar surface area (TPSA) is 187 Å². The summed E-state index contributed by atoms with van der Waals surface area (Å²) in [5.41, 5.74) is 0.648. The van der Waals surface area contributed by atoms with Gasteiger partial charge in [0, 0.05) is 38.0 Å². The average Bonchev–Trinajstić information content (AvgIpc) is 3.56. The normalized spacial score (nSPS) is 20.8. The van der Waals surface area contributed by atoms with Crippen molar-refractivity contribution in [2.45, 2.75) is 84.2 Å². The number of piperazine rings is 1. The number of carboxylic acid groups (broad SMARTS) is 1. The number of carbonyl (C=O) groups excluding carboxylic acids is 4. The molecular formula is C34H48FN7O7. The minimum atomic E-state index is -1.14. The van der Waals surface area contributed by atoms with E-state index in [0.29, 0.717) is 62.6 Å². The number of nitrogens with zero attached hydrogens (tertiary/aromatic N) is 4. The van der Waals surface area contributed by atoms with Crippen LogP contribution in [0.25, 0.3) is 0 Å². The number of halogens is 1. The third-order valence-electron chi connectivity index (χ3n) is 9.79. The first kappa shape index (κ1) is 37.4. The number of carboxylic acids is 1. The van der Waals surface area contributed by atoms with E-state index in [2.05, 4.69) is 38.1 Å². The van der Waals surface area contributed by atoms with Crippen molar-refractivity contribution in [2.24, 2.45) is 17.8 Å². The molecule has 4 amide bonds. The molecule has 4 N–H and O–H groups in total. The zero-order valence-electron chi connectivity index (χ0n) is 28.8. The van der Waals surface area contributed by atoms with Crippen molar-refractivity contribution < 1.29 is 38.1 Å². The molecule has 2 aromatic rings. The number of rotatable bonds is 13. The van der Waals surface area contributed by atoms with Gasteiger partial charge in [-0.1, -0.05) is 51.8 Å². The maximum atomic E-state index is 15.7. The molecule has 2 fully saturated rings. The van der Waals surface area contributed by atoms with Crippen LogP contribution in [0.2, 0.25) is 0 Å². The molecule has 2 heterocycles. The second-order valence-electron chi connectivity index (χ2n) is 13.5. The van der Waals surface area contributed by atoms with Crippen LogP contribution in [0.3, 0.4) is 0 Å². The van der Waals surface area contributed by atoms with Gasteiger partial charge in [-0.05, 0) is 61.0 Å². The van der Waals surface area contributed by atoms with Crippen molar-refractivity contribution in [3.05, 3.63) is 41.0 Å². The van der Waals surface area contributed by atoms with Crippen molar-refractivity contribution in [1.29, 1.82) is 0 Å². The van der Waals surface area contributed by atoms with E-state index in [9.17, 15) is 29.1 Å². The van der Waals surface area contributed by atoms with Crippen LogP contribution in [0, 0.1) is 23.6 Å². The first-order valence-corrected chi connectivity index (χ1v) is 17.0. The van der Waals surface area contributed by atoms with Gasteiger partial charge in [-0.2, -0.15) is 0 Å². The van der Waals surface area contributed by atoms with Crippen LogP contribution >= 0.6 is 0 Å². The first-order chi connectivity index (χ1) is 23.3. The third kappa shape index (κ3) is 9.61. The fourth-order valence-corrected chi connectivity index (χ4v) is 6.43. The zero-order chi connectivity index (χ0) is 35.8. The van der Waals surface area contributed by atoms with Gasteiger partial charge in [-0.3, -0.25) is 24.0 Å². The Labute approximate surface area is 285 Å². The van der Waals surface area contributed by atoms with E-state index in [1.807, 2.05) is 7.05 Å². The Morgan fingerprint density at radius 3 is 2.29 bits per heavy atom. The summed E-state index contributed by atoms with van der Waals surface area (Å²) in [4.78, 5) is 68.5. The zero-order valence-corrected chi connectivity index (χ0v) is 28.8.